The second kappa shape index (κ2) is 14.4. The highest BCUT2D eigenvalue weighted by molar-refractivity contribution is 5.91. The Kier molecular flexibility index (Phi) is 10.8. The number of morpholine rings is 1. The number of carboxylic acid groups (broad SMARTS) is 2. The maximum Gasteiger partial charge on any atom is 0.490 e. The number of anilines is 1. The van der Waals surface area contributed by atoms with Gasteiger partial charge in [0.1, 0.15) is 11.5 Å². The smallest absolute Gasteiger partial charge is 0.475 e. The molecule has 46 heavy (non-hydrogen) atoms. The lowest BCUT2D eigenvalue weighted by Gasteiger charge is -2.40. The number of carbonyl (C=O) groups excluding carboxylic acids is 1. The van der Waals surface area contributed by atoms with Crippen LogP contribution in [0.25, 0.3) is 5.65 Å². The largest absolute Gasteiger partial charge is 0.490 e. The summed E-state index contributed by atoms with van der Waals surface area (Å²) in [4.78, 5) is 42.6. The van der Waals surface area contributed by atoms with Crippen LogP contribution in [0.3, 0.4) is 0 Å². The third-order valence-corrected chi connectivity index (χ3v) is 7.35. The van der Waals surface area contributed by atoms with Crippen molar-refractivity contribution >= 4 is 29.3 Å². The van der Waals surface area contributed by atoms with Gasteiger partial charge in [-0.2, -0.15) is 26.3 Å². The lowest BCUT2D eigenvalue weighted by atomic mass is 10.1. The molecule has 252 valence electrons. The summed E-state index contributed by atoms with van der Waals surface area (Å²) in [6, 6.07) is 9.89. The number of imidazole rings is 1. The van der Waals surface area contributed by atoms with Gasteiger partial charge in [-0.25, -0.2) is 14.6 Å². The number of hydrogen-bond acceptors (Lipinski definition) is 8. The summed E-state index contributed by atoms with van der Waals surface area (Å²) in [6.45, 7) is 6.55. The zero-order valence-electron chi connectivity index (χ0n) is 24.2. The minimum Gasteiger partial charge on any atom is -0.475 e. The molecule has 0 bridgehead atoms. The van der Waals surface area contributed by atoms with Gasteiger partial charge in [0.05, 0.1) is 31.2 Å². The van der Waals surface area contributed by atoms with Gasteiger partial charge in [-0.3, -0.25) is 14.1 Å². The minimum atomic E-state index is -5.08. The molecule has 3 fully saturated rings. The fraction of sp³-hybridized carbons (Fsp3) is 0.500. The molecule has 6 rings (SSSR count). The Labute approximate surface area is 257 Å². The molecule has 18 heteroatoms. The first-order valence-corrected chi connectivity index (χ1v) is 14.1. The van der Waals surface area contributed by atoms with Crippen LogP contribution in [0.1, 0.15) is 35.1 Å². The quantitative estimate of drug-likeness (QED) is 0.386. The summed E-state index contributed by atoms with van der Waals surface area (Å²) < 4.78 is 76.6. The topological polar surface area (TPSA) is 141 Å². The number of pyridine rings is 1. The predicted octanol–water partition coefficient (Wildman–Crippen LogP) is 3.94. The number of furan rings is 1. The number of carbonyl (C=O) groups is 3. The molecular formula is C28H31F6N5O7. The molecule has 1 atom stereocenters. The SMILES string of the molecule is O=C(O)C(F)(F)F.O=C(O)C(F)(F)F.O=C(c1ccco1)N1CCN(CC2CC2)C(c2cn3c(N4CCOCC4)cccc3n2)C1. The van der Waals surface area contributed by atoms with Crippen LogP contribution in [0.4, 0.5) is 32.2 Å². The van der Waals surface area contributed by atoms with Gasteiger partial charge in [-0.15, -0.1) is 0 Å². The van der Waals surface area contributed by atoms with Gasteiger partial charge in [0.15, 0.2) is 5.76 Å². The zero-order valence-corrected chi connectivity index (χ0v) is 24.2. The third-order valence-electron chi connectivity index (χ3n) is 7.35. The Morgan fingerprint density at radius 1 is 0.891 bits per heavy atom. The van der Waals surface area contributed by atoms with Gasteiger partial charge >= 0.3 is 24.3 Å². The average Bonchev–Trinajstić information content (AvgIpc) is 3.46. The first kappa shape index (κ1) is 34.6. The summed E-state index contributed by atoms with van der Waals surface area (Å²) in [5, 5.41) is 14.2. The summed E-state index contributed by atoms with van der Waals surface area (Å²) >= 11 is 0. The van der Waals surface area contributed by atoms with E-state index in [1.165, 1.54) is 12.8 Å². The number of amides is 1. The Morgan fingerprint density at radius 3 is 2.07 bits per heavy atom. The number of aromatic nitrogens is 2. The monoisotopic (exact) mass is 663 g/mol. The highest BCUT2D eigenvalue weighted by Crippen LogP contribution is 2.35. The van der Waals surface area contributed by atoms with Crippen molar-refractivity contribution < 1.29 is 60.1 Å². The van der Waals surface area contributed by atoms with E-state index < -0.39 is 24.3 Å². The number of aliphatic carboxylic acids is 2. The molecule has 5 heterocycles. The second-order valence-corrected chi connectivity index (χ2v) is 10.7. The number of piperazine rings is 1. The highest BCUT2D eigenvalue weighted by atomic mass is 19.4. The maximum absolute atomic E-state index is 13.0. The van der Waals surface area contributed by atoms with Crippen molar-refractivity contribution in [3.8, 4) is 0 Å². The molecule has 3 aromatic heterocycles. The standard InChI is InChI=1S/C24H29N5O3.2C2HF3O2/c30-24(21-3-2-12-32-21)28-9-8-27(15-18-6-7-18)20(17-28)19-16-29-22(25-19)4-1-5-23(29)26-10-13-31-14-11-26;2*3-2(4,5)1(6)7/h1-5,12,16,18,20H,6-11,13-15,17H2;2*(H,6,7). The van der Waals surface area contributed by atoms with Crippen molar-refractivity contribution in [1.29, 1.82) is 0 Å². The molecule has 1 amide bonds. The molecule has 3 aromatic rings. The number of halogens is 6. The summed E-state index contributed by atoms with van der Waals surface area (Å²) in [6.07, 6.45) is -3.82. The first-order chi connectivity index (χ1) is 21.6. The van der Waals surface area contributed by atoms with Crippen LogP contribution < -0.4 is 4.90 Å². The van der Waals surface area contributed by atoms with Gasteiger partial charge in [-0.05, 0) is 43.0 Å². The fourth-order valence-electron chi connectivity index (χ4n) is 4.92. The van der Waals surface area contributed by atoms with E-state index in [-0.39, 0.29) is 11.9 Å². The van der Waals surface area contributed by atoms with Crippen LogP contribution in [-0.4, -0.2) is 112 Å². The highest BCUT2D eigenvalue weighted by Gasteiger charge is 2.39. The molecule has 0 spiro atoms. The molecule has 2 N–H and O–H groups in total. The van der Waals surface area contributed by atoms with Gasteiger partial charge < -0.3 is 29.2 Å². The van der Waals surface area contributed by atoms with E-state index in [1.54, 1.807) is 18.4 Å². The van der Waals surface area contributed by atoms with Crippen LogP contribution in [0, 0.1) is 5.92 Å². The first-order valence-electron chi connectivity index (χ1n) is 14.1. The van der Waals surface area contributed by atoms with E-state index in [2.05, 4.69) is 38.6 Å². The molecule has 0 radical (unpaired) electrons. The molecule has 1 aliphatic carbocycles. The molecule has 3 aliphatic rings. The van der Waals surface area contributed by atoms with Gasteiger partial charge in [-0.1, -0.05) is 6.07 Å². The lowest BCUT2D eigenvalue weighted by molar-refractivity contribution is -0.193. The molecule has 1 unspecified atom stereocenters. The number of fused-ring (bicyclic) bond motifs is 1. The molecule has 0 aromatic carbocycles. The predicted molar refractivity (Wildman–Crippen MR) is 147 cm³/mol. The van der Waals surface area contributed by atoms with Crippen molar-refractivity contribution in [3.63, 3.8) is 0 Å². The number of rotatable bonds is 5. The second-order valence-electron chi connectivity index (χ2n) is 10.7. The normalized spacial score (nSPS) is 19.1. The van der Waals surface area contributed by atoms with Gasteiger partial charge in [0.2, 0.25) is 0 Å². The number of hydrogen-bond donors (Lipinski definition) is 2. The molecule has 2 saturated heterocycles. The minimum absolute atomic E-state index is 0.0381. The van der Waals surface area contributed by atoms with Crippen LogP contribution in [0.2, 0.25) is 0 Å². The maximum atomic E-state index is 13.0. The van der Waals surface area contributed by atoms with Crippen molar-refractivity contribution in [2.24, 2.45) is 5.92 Å². The van der Waals surface area contributed by atoms with Crippen molar-refractivity contribution in [2.75, 3.05) is 57.4 Å². The molecule has 1 saturated carbocycles. The number of nitrogens with zero attached hydrogens (tertiary/aromatic N) is 5. The molecular weight excluding hydrogens is 632 g/mol. The van der Waals surface area contributed by atoms with E-state index in [0.717, 1.165) is 69.0 Å². The van der Waals surface area contributed by atoms with Crippen molar-refractivity contribution in [3.05, 3.63) is 54.2 Å². The van der Waals surface area contributed by atoms with Crippen LogP contribution in [-0.2, 0) is 14.3 Å². The van der Waals surface area contributed by atoms with Gasteiger partial charge in [0, 0.05) is 45.5 Å². The Bertz CT molecular complexity index is 1460. The lowest BCUT2D eigenvalue weighted by Crippen LogP contribution is -2.51. The van der Waals surface area contributed by atoms with Crippen LogP contribution in [0.5, 0.6) is 0 Å². The third kappa shape index (κ3) is 9.12. The van der Waals surface area contributed by atoms with E-state index >= 15 is 0 Å². The summed E-state index contributed by atoms with van der Waals surface area (Å²) in [7, 11) is 0. The summed E-state index contributed by atoms with van der Waals surface area (Å²) in [5.41, 5.74) is 1.98. The number of alkyl halides is 6. The van der Waals surface area contributed by atoms with E-state index in [1.807, 2.05) is 4.90 Å². The van der Waals surface area contributed by atoms with Gasteiger partial charge in [0.25, 0.3) is 5.91 Å². The van der Waals surface area contributed by atoms with E-state index in [9.17, 15) is 31.1 Å². The van der Waals surface area contributed by atoms with E-state index in [0.29, 0.717) is 12.3 Å². The number of ether oxygens (including phenoxy) is 1. The molecule has 12 nitrogen and oxygen atoms in total. The average molecular weight is 664 g/mol. The van der Waals surface area contributed by atoms with Crippen molar-refractivity contribution in [2.45, 2.75) is 31.2 Å². The Morgan fingerprint density at radius 2 is 1.52 bits per heavy atom. The van der Waals surface area contributed by atoms with Crippen LogP contribution >= 0.6 is 0 Å². The zero-order chi connectivity index (χ0) is 33.6. The number of carboxylic acids is 2. The van der Waals surface area contributed by atoms with E-state index in [4.69, 9.17) is 33.9 Å². The van der Waals surface area contributed by atoms with Crippen molar-refractivity contribution in [1.82, 2.24) is 19.2 Å². The Hall–Kier alpha value is -4.32. The summed E-state index contributed by atoms with van der Waals surface area (Å²) in [5.74, 6) is -3.21. The molecule has 2 aliphatic heterocycles. The fourth-order valence-corrected chi connectivity index (χ4v) is 4.92. The Balaban J connectivity index is 0.000000289. The van der Waals surface area contributed by atoms with Crippen LogP contribution in [0.15, 0.2) is 47.2 Å².